The minimum Gasteiger partial charge on any atom is -0.618 e. The molecule has 7 nitrogen and oxygen atoms in total. The van der Waals surface area contributed by atoms with Crippen LogP contribution in [0, 0.1) is 17.9 Å². The second-order valence-corrected chi connectivity index (χ2v) is 6.69. The summed E-state index contributed by atoms with van der Waals surface area (Å²) in [5.41, 5.74) is 3.05. The van der Waals surface area contributed by atoms with E-state index in [4.69, 9.17) is 16.1 Å². The topological polar surface area (TPSA) is 83.2 Å². The average Bonchev–Trinajstić information content (AvgIpc) is 3.34. The molecule has 0 N–H and O–H groups in total. The number of hydrogen-bond acceptors (Lipinski definition) is 5. The number of halogens is 2. The predicted octanol–water partition coefficient (Wildman–Crippen LogP) is 3.94. The SMILES string of the molecule is Cc1c2c(-c3nc(-c4ccc(F)cc4)no3)ncn2c2ccc(Cl)cc2[n+]1[O-]. The molecule has 2 aromatic carbocycles. The Bertz CT molecular complexity index is 1360. The lowest BCUT2D eigenvalue weighted by molar-refractivity contribution is -0.583. The lowest BCUT2D eigenvalue weighted by atomic mass is 10.2. The highest BCUT2D eigenvalue weighted by Crippen LogP contribution is 2.28. The second kappa shape index (κ2) is 6.00. The molecule has 3 heterocycles. The van der Waals surface area contributed by atoms with Crippen LogP contribution in [-0.4, -0.2) is 19.5 Å². The van der Waals surface area contributed by atoms with Gasteiger partial charge in [0.05, 0.1) is 0 Å². The molecule has 0 atom stereocenters. The van der Waals surface area contributed by atoms with Gasteiger partial charge in [-0.15, -0.1) is 0 Å². The summed E-state index contributed by atoms with van der Waals surface area (Å²) in [7, 11) is 0. The zero-order valence-corrected chi connectivity index (χ0v) is 15.2. The molecular formula is C19H11ClFN5O2. The van der Waals surface area contributed by atoms with Crippen LogP contribution < -0.4 is 4.73 Å². The quantitative estimate of drug-likeness (QED) is 0.334. The van der Waals surface area contributed by atoms with E-state index in [-0.39, 0.29) is 11.7 Å². The van der Waals surface area contributed by atoms with Gasteiger partial charge < -0.3 is 9.73 Å². The van der Waals surface area contributed by atoms with E-state index in [0.29, 0.717) is 44.3 Å². The van der Waals surface area contributed by atoms with Gasteiger partial charge in [-0.25, -0.2) is 9.37 Å². The van der Waals surface area contributed by atoms with Gasteiger partial charge in [0.2, 0.25) is 17.0 Å². The molecule has 0 saturated heterocycles. The van der Waals surface area contributed by atoms with Crippen LogP contribution in [0.1, 0.15) is 5.69 Å². The van der Waals surface area contributed by atoms with Crippen molar-refractivity contribution >= 4 is 28.2 Å². The van der Waals surface area contributed by atoms with Crippen molar-refractivity contribution in [1.82, 2.24) is 19.5 Å². The highest BCUT2D eigenvalue weighted by atomic mass is 35.5. The molecule has 0 unspecified atom stereocenters. The van der Waals surface area contributed by atoms with Crippen LogP contribution in [0.5, 0.6) is 0 Å². The molecule has 0 bridgehead atoms. The van der Waals surface area contributed by atoms with Crippen molar-refractivity contribution in [2.45, 2.75) is 6.92 Å². The third-order valence-electron chi connectivity index (χ3n) is 4.56. The summed E-state index contributed by atoms with van der Waals surface area (Å²) in [6.45, 7) is 1.69. The van der Waals surface area contributed by atoms with Gasteiger partial charge in [-0.2, -0.15) is 9.71 Å². The number of imidazole rings is 1. The summed E-state index contributed by atoms with van der Waals surface area (Å²) in [6, 6.07) is 10.8. The first-order valence-electron chi connectivity index (χ1n) is 8.31. The Labute approximate surface area is 162 Å². The summed E-state index contributed by atoms with van der Waals surface area (Å²) >= 11 is 6.03. The van der Waals surface area contributed by atoms with Crippen molar-refractivity contribution < 1.29 is 13.6 Å². The molecule has 0 spiro atoms. The Hall–Kier alpha value is -3.52. The molecule has 0 aliphatic carbocycles. The van der Waals surface area contributed by atoms with Crippen LogP contribution in [0.3, 0.4) is 0 Å². The van der Waals surface area contributed by atoms with E-state index in [1.165, 1.54) is 12.1 Å². The van der Waals surface area contributed by atoms with Crippen molar-refractivity contribution in [1.29, 1.82) is 0 Å². The zero-order valence-electron chi connectivity index (χ0n) is 14.4. The fourth-order valence-corrected chi connectivity index (χ4v) is 3.38. The van der Waals surface area contributed by atoms with Gasteiger partial charge in [0.15, 0.2) is 5.69 Å². The molecule has 0 fully saturated rings. The Balaban J connectivity index is 1.71. The second-order valence-electron chi connectivity index (χ2n) is 6.25. The van der Waals surface area contributed by atoms with Crippen molar-refractivity contribution in [3.63, 3.8) is 0 Å². The van der Waals surface area contributed by atoms with E-state index in [1.807, 2.05) is 0 Å². The summed E-state index contributed by atoms with van der Waals surface area (Å²) in [6.07, 6.45) is 1.59. The van der Waals surface area contributed by atoms with E-state index >= 15 is 0 Å². The normalized spacial score (nSPS) is 11.5. The van der Waals surface area contributed by atoms with Crippen LogP contribution in [0.2, 0.25) is 5.02 Å². The largest absolute Gasteiger partial charge is 0.618 e. The minimum atomic E-state index is -0.352. The van der Waals surface area contributed by atoms with Crippen molar-refractivity contribution in [3.05, 3.63) is 70.5 Å². The van der Waals surface area contributed by atoms with Crippen molar-refractivity contribution in [2.24, 2.45) is 0 Å². The Morgan fingerprint density at radius 1 is 1.18 bits per heavy atom. The smallest absolute Gasteiger partial charge is 0.279 e. The molecule has 0 aliphatic rings. The summed E-state index contributed by atoms with van der Waals surface area (Å²) in [5.74, 6) is 0.116. The molecule has 5 rings (SSSR count). The predicted molar refractivity (Wildman–Crippen MR) is 100 cm³/mol. The van der Waals surface area contributed by atoms with Crippen LogP contribution in [0.15, 0.2) is 53.3 Å². The highest BCUT2D eigenvalue weighted by molar-refractivity contribution is 6.31. The molecule has 0 saturated carbocycles. The summed E-state index contributed by atoms with van der Waals surface area (Å²) in [4.78, 5) is 8.74. The van der Waals surface area contributed by atoms with Gasteiger partial charge in [0.1, 0.15) is 23.2 Å². The first kappa shape index (κ1) is 16.6. The van der Waals surface area contributed by atoms with Crippen LogP contribution in [-0.2, 0) is 0 Å². The monoisotopic (exact) mass is 395 g/mol. The maximum Gasteiger partial charge on any atom is 0.279 e. The Morgan fingerprint density at radius 2 is 1.96 bits per heavy atom. The molecular weight excluding hydrogens is 385 g/mol. The van der Waals surface area contributed by atoms with Crippen LogP contribution in [0.4, 0.5) is 4.39 Å². The van der Waals surface area contributed by atoms with E-state index < -0.39 is 0 Å². The molecule has 9 heteroatoms. The number of benzene rings is 2. The van der Waals surface area contributed by atoms with Gasteiger partial charge >= 0.3 is 0 Å². The molecule has 0 aliphatic heterocycles. The minimum absolute atomic E-state index is 0.165. The number of aryl methyl sites for hydroxylation is 1. The number of rotatable bonds is 2. The molecule has 3 aromatic heterocycles. The van der Waals surface area contributed by atoms with Crippen molar-refractivity contribution in [3.8, 4) is 23.0 Å². The molecule has 0 amide bonds. The Morgan fingerprint density at radius 3 is 2.75 bits per heavy atom. The fraction of sp³-hybridized carbons (Fsp3) is 0.0526. The van der Waals surface area contributed by atoms with E-state index in [1.54, 1.807) is 48.0 Å². The Kier molecular flexibility index (Phi) is 3.56. The van der Waals surface area contributed by atoms with Crippen molar-refractivity contribution in [2.75, 3.05) is 0 Å². The zero-order chi connectivity index (χ0) is 19.4. The lowest BCUT2D eigenvalue weighted by Crippen LogP contribution is -2.32. The maximum atomic E-state index is 13.1. The standard InChI is InChI=1S/C19H11ClFN5O2/c1-10-17-16(19-23-18(24-28-19)11-2-5-13(21)6-3-11)22-9-25(17)14-7-4-12(20)8-15(14)26(10)27/h2-9H,1H3. The van der Waals surface area contributed by atoms with Gasteiger partial charge in [0.25, 0.3) is 5.89 Å². The molecule has 138 valence electrons. The summed E-state index contributed by atoms with van der Waals surface area (Å²) in [5, 5.41) is 17.2. The van der Waals surface area contributed by atoms with E-state index in [9.17, 15) is 9.60 Å². The van der Waals surface area contributed by atoms with Gasteiger partial charge in [0, 0.05) is 23.6 Å². The lowest BCUT2D eigenvalue weighted by Gasteiger charge is -2.08. The average molecular weight is 396 g/mol. The fourth-order valence-electron chi connectivity index (χ4n) is 3.21. The number of fused-ring (bicyclic) bond motifs is 3. The van der Waals surface area contributed by atoms with Gasteiger partial charge in [-0.05, 0) is 36.4 Å². The molecule has 28 heavy (non-hydrogen) atoms. The van der Waals surface area contributed by atoms with Gasteiger partial charge in [-0.3, -0.25) is 4.40 Å². The first-order valence-corrected chi connectivity index (χ1v) is 8.69. The molecule has 0 radical (unpaired) electrons. The number of aromatic nitrogens is 5. The van der Waals surface area contributed by atoms with E-state index in [0.717, 1.165) is 4.73 Å². The van der Waals surface area contributed by atoms with Crippen LogP contribution in [0.25, 0.3) is 39.5 Å². The third-order valence-corrected chi connectivity index (χ3v) is 4.80. The number of hydrogen-bond donors (Lipinski definition) is 0. The summed E-state index contributed by atoms with van der Waals surface area (Å²) < 4.78 is 21.1. The third kappa shape index (κ3) is 2.42. The van der Waals surface area contributed by atoms with Gasteiger partial charge in [-0.1, -0.05) is 16.8 Å². The maximum absolute atomic E-state index is 13.1. The number of nitrogens with zero attached hydrogens (tertiary/aromatic N) is 5. The van der Waals surface area contributed by atoms with E-state index in [2.05, 4.69) is 15.1 Å². The molecule has 5 aromatic rings. The first-order chi connectivity index (χ1) is 13.5. The van der Waals surface area contributed by atoms with Crippen LogP contribution >= 0.6 is 11.6 Å². The highest BCUT2D eigenvalue weighted by Gasteiger charge is 2.23.